The van der Waals surface area contributed by atoms with Crippen LogP contribution >= 0.6 is 11.3 Å². The number of thiophene rings is 1. The summed E-state index contributed by atoms with van der Waals surface area (Å²) in [5, 5.41) is 24.5. The second-order valence-corrected chi connectivity index (χ2v) is 14.1. The monoisotopic (exact) mass is 650 g/mol. The van der Waals surface area contributed by atoms with Crippen LogP contribution in [0.4, 0.5) is 8.78 Å². The van der Waals surface area contributed by atoms with Gasteiger partial charge in [0.15, 0.2) is 0 Å². The maximum Gasteiger partial charge on any atom is 0.263 e. The van der Waals surface area contributed by atoms with Gasteiger partial charge in [0.05, 0.1) is 16.5 Å². The number of hydrogen-bond acceptors (Lipinski definition) is 7. The predicted molar refractivity (Wildman–Crippen MR) is 175 cm³/mol. The van der Waals surface area contributed by atoms with Crippen LogP contribution in [0.2, 0.25) is 0 Å². The Labute approximate surface area is 270 Å². The lowest BCUT2D eigenvalue weighted by molar-refractivity contribution is 0.0198. The second-order valence-electron chi connectivity index (χ2n) is 12.8. The minimum absolute atomic E-state index is 0.0193. The molecule has 2 saturated heterocycles. The van der Waals surface area contributed by atoms with Crippen molar-refractivity contribution in [1.29, 1.82) is 0 Å². The van der Waals surface area contributed by atoms with Crippen LogP contribution in [0.15, 0.2) is 53.3 Å². The number of aliphatic hydroxyl groups excluding tert-OH is 1. The van der Waals surface area contributed by atoms with Crippen molar-refractivity contribution in [2.24, 2.45) is 5.41 Å². The molecule has 11 heteroatoms. The number of aromatic hydroxyl groups is 1. The third-order valence-corrected chi connectivity index (χ3v) is 10.6. The molecule has 1 atom stereocenters. The van der Waals surface area contributed by atoms with Gasteiger partial charge in [-0.3, -0.25) is 14.5 Å². The average Bonchev–Trinajstić information content (AvgIpc) is 3.49. The number of aromatic amines is 1. The molecule has 4 N–H and O–H groups in total. The van der Waals surface area contributed by atoms with Crippen molar-refractivity contribution in [3.8, 4) is 5.75 Å². The van der Waals surface area contributed by atoms with E-state index in [4.69, 9.17) is 0 Å². The van der Waals surface area contributed by atoms with Crippen LogP contribution in [-0.4, -0.2) is 70.2 Å². The smallest absolute Gasteiger partial charge is 0.263 e. The fourth-order valence-corrected chi connectivity index (χ4v) is 7.87. The number of nitrogens with zero attached hydrogens (tertiary/aromatic N) is 2. The van der Waals surface area contributed by atoms with Crippen molar-refractivity contribution >= 4 is 28.1 Å². The number of fused-ring (bicyclic) bond motifs is 1. The number of aryl methyl sites for hydroxylation is 1. The number of aromatic nitrogens is 1. The van der Waals surface area contributed by atoms with Crippen molar-refractivity contribution < 1.29 is 23.8 Å². The van der Waals surface area contributed by atoms with E-state index in [2.05, 4.69) is 15.2 Å². The number of likely N-dealkylation sites (tertiary alicyclic amines) is 2. The molecule has 0 aliphatic carbocycles. The molecule has 8 nitrogen and oxygen atoms in total. The summed E-state index contributed by atoms with van der Waals surface area (Å²) in [5.41, 5.74) is 0.967. The number of H-pyrrole nitrogens is 1. The first-order valence-corrected chi connectivity index (χ1v) is 16.7. The number of benzene rings is 2. The summed E-state index contributed by atoms with van der Waals surface area (Å²) in [6.07, 6.45) is 3.10. The van der Waals surface area contributed by atoms with E-state index in [1.165, 1.54) is 24.3 Å². The Hall–Kier alpha value is -3.64. The Morgan fingerprint density at radius 2 is 1.87 bits per heavy atom. The molecule has 0 radical (unpaired) electrons. The molecule has 1 amide bonds. The number of phenols is 1. The van der Waals surface area contributed by atoms with E-state index in [-0.39, 0.29) is 53.2 Å². The van der Waals surface area contributed by atoms with E-state index >= 15 is 4.39 Å². The number of piperidine rings is 2. The first kappa shape index (κ1) is 32.3. The van der Waals surface area contributed by atoms with Gasteiger partial charge in [-0.2, -0.15) is 0 Å². The maximum atomic E-state index is 15.6. The number of hydrogen-bond donors (Lipinski definition) is 4. The maximum absolute atomic E-state index is 15.6. The molecule has 4 heterocycles. The van der Waals surface area contributed by atoms with E-state index in [1.54, 1.807) is 23.5 Å². The van der Waals surface area contributed by atoms with Gasteiger partial charge in [-0.15, -0.1) is 11.3 Å². The van der Waals surface area contributed by atoms with E-state index < -0.39 is 17.7 Å². The van der Waals surface area contributed by atoms with Crippen LogP contribution in [0.25, 0.3) is 10.9 Å². The first-order valence-electron chi connectivity index (χ1n) is 15.9. The number of rotatable bonds is 9. The van der Waals surface area contributed by atoms with Crippen molar-refractivity contribution in [1.82, 2.24) is 20.1 Å². The van der Waals surface area contributed by atoms with Gasteiger partial charge in [-0.1, -0.05) is 12.1 Å². The first-order chi connectivity index (χ1) is 22.1. The van der Waals surface area contributed by atoms with Crippen LogP contribution in [0.5, 0.6) is 5.75 Å². The molecule has 0 unspecified atom stereocenters. The summed E-state index contributed by atoms with van der Waals surface area (Å²) in [6.45, 7) is 5.91. The average molecular weight is 651 g/mol. The summed E-state index contributed by atoms with van der Waals surface area (Å²) in [5.74, 6) is -1.10. The summed E-state index contributed by atoms with van der Waals surface area (Å²) >= 11 is 1.54. The minimum atomic E-state index is -0.966. The third-order valence-electron chi connectivity index (χ3n) is 9.63. The predicted octanol–water partition coefficient (Wildman–Crippen LogP) is 5.27. The number of pyridine rings is 1. The highest BCUT2D eigenvalue weighted by Gasteiger charge is 2.40. The fourth-order valence-electron chi connectivity index (χ4n) is 7.03. The molecule has 2 aliphatic heterocycles. The normalized spacial score (nSPS) is 17.5. The number of halogens is 2. The molecule has 0 bridgehead atoms. The molecule has 0 saturated carbocycles. The molecular weight excluding hydrogens is 610 g/mol. The summed E-state index contributed by atoms with van der Waals surface area (Å²) in [4.78, 5) is 33.5. The molecule has 1 spiro atoms. The zero-order valence-electron chi connectivity index (χ0n) is 26.0. The van der Waals surface area contributed by atoms with Crippen LogP contribution in [0.1, 0.15) is 63.0 Å². The van der Waals surface area contributed by atoms with Crippen LogP contribution in [0.3, 0.4) is 0 Å². The van der Waals surface area contributed by atoms with E-state index in [9.17, 15) is 24.2 Å². The zero-order valence-corrected chi connectivity index (χ0v) is 26.8. The second kappa shape index (κ2) is 13.6. The van der Waals surface area contributed by atoms with Gasteiger partial charge < -0.3 is 25.4 Å². The van der Waals surface area contributed by atoms with Gasteiger partial charge in [-0.25, -0.2) is 8.78 Å². The van der Waals surface area contributed by atoms with Crippen molar-refractivity contribution in [2.45, 2.75) is 51.7 Å². The number of carbonyl (C=O) groups is 1. The third kappa shape index (κ3) is 6.88. The Balaban J connectivity index is 1.02. The topological polar surface area (TPSA) is 109 Å². The van der Waals surface area contributed by atoms with Crippen LogP contribution in [0, 0.1) is 24.0 Å². The molecule has 6 rings (SSSR count). The summed E-state index contributed by atoms with van der Waals surface area (Å²) in [6, 6.07) is 12.6. The zero-order chi connectivity index (χ0) is 32.4. The largest absolute Gasteiger partial charge is 0.506 e. The van der Waals surface area contributed by atoms with Gasteiger partial charge >= 0.3 is 0 Å². The summed E-state index contributed by atoms with van der Waals surface area (Å²) < 4.78 is 30.4. The quantitative estimate of drug-likeness (QED) is 0.184. The lowest BCUT2D eigenvalue weighted by atomic mass is 9.72. The molecule has 244 valence electrons. The number of carbonyl (C=O) groups excluding carboxylic acids is 1. The number of amides is 1. The van der Waals surface area contributed by atoms with Crippen molar-refractivity contribution in [3.05, 3.63) is 97.0 Å². The Morgan fingerprint density at radius 3 is 2.63 bits per heavy atom. The molecule has 2 aromatic carbocycles. The molecule has 2 aliphatic rings. The number of aliphatic hydroxyl groups is 1. The molecule has 2 aromatic heterocycles. The highest BCUT2D eigenvalue weighted by molar-refractivity contribution is 7.13. The summed E-state index contributed by atoms with van der Waals surface area (Å²) in [7, 11) is 0. The van der Waals surface area contributed by atoms with E-state index in [1.807, 2.05) is 24.0 Å². The molecule has 2 fully saturated rings. The van der Waals surface area contributed by atoms with Crippen LogP contribution in [-0.2, 0) is 13.0 Å². The lowest BCUT2D eigenvalue weighted by Crippen LogP contribution is -2.50. The van der Waals surface area contributed by atoms with Gasteiger partial charge in [0.1, 0.15) is 17.4 Å². The molecule has 4 aromatic rings. The highest BCUT2D eigenvalue weighted by atomic mass is 32.1. The molecular formula is C35H40F2N4O4S. The fraction of sp³-hybridized carbons (Fsp3) is 0.429. The van der Waals surface area contributed by atoms with Crippen molar-refractivity contribution in [2.75, 3.05) is 39.3 Å². The van der Waals surface area contributed by atoms with Crippen molar-refractivity contribution in [3.63, 3.8) is 0 Å². The molecule has 46 heavy (non-hydrogen) atoms. The minimum Gasteiger partial charge on any atom is -0.506 e. The lowest BCUT2D eigenvalue weighted by Gasteiger charge is -2.47. The SMILES string of the molecule is Cc1ccc(C(=O)N2CCCC3(CCN(Cc4ccc(F)c(CCNC[C@H](O)c5ccc(O)c6[nH]c(=O)ccc56)c4F)CC3)C2)s1. The standard InChI is InChI=1S/C35H40F2N4O4S/c1-22-3-9-30(46-22)34(45)41-16-2-12-35(21-41)13-17-40(18-14-35)20-23-4-7-27(36)26(32(23)37)11-15-38-19-29(43)24-5-8-28(42)33-25(24)6-10-31(44)39-33/h3-10,29,38,42-43H,2,11-21H2,1H3,(H,39,44)/t29-/m0/s1. The van der Waals surface area contributed by atoms with Gasteiger partial charge in [0, 0.05) is 53.6 Å². The van der Waals surface area contributed by atoms with Gasteiger partial charge in [0.25, 0.3) is 5.91 Å². The number of phenolic OH excluding ortho intramolecular Hbond substituents is 1. The van der Waals surface area contributed by atoms with E-state index in [0.717, 1.165) is 61.6 Å². The Bertz CT molecular complexity index is 1780. The van der Waals surface area contributed by atoms with Gasteiger partial charge in [0.2, 0.25) is 5.56 Å². The van der Waals surface area contributed by atoms with E-state index in [0.29, 0.717) is 23.1 Å². The van der Waals surface area contributed by atoms with Crippen LogP contribution < -0.4 is 10.9 Å². The Morgan fingerprint density at radius 1 is 1.07 bits per heavy atom. The Kier molecular flexibility index (Phi) is 9.56. The van der Waals surface area contributed by atoms with Gasteiger partial charge in [-0.05, 0) is 100.0 Å². The number of nitrogens with one attached hydrogen (secondary N) is 2. The highest BCUT2D eigenvalue weighted by Crippen LogP contribution is 2.41.